The zero-order chi connectivity index (χ0) is 26.1. The fourth-order valence-corrected chi connectivity index (χ4v) is 3.31. The monoisotopic (exact) mass is 477 g/mol. The van der Waals surface area contributed by atoms with Gasteiger partial charge in [0.1, 0.15) is 5.72 Å². The quantitative estimate of drug-likeness (QED) is 0.276. The van der Waals surface area contributed by atoms with Gasteiger partial charge in [-0.05, 0) is 49.1 Å². The van der Waals surface area contributed by atoms with Gasteiger partial charge in [0, 0.05) is 12.1 Å². The molecule has 1 aromatic rings. The van der Waals surface area contributed by atoms with E-state index in [2.05, 4.69) is 41.7 Å². The van der Waals surface area contributed by atoms with E-state index in [1.807, 2.05) is 130 Å². The van der Waals surface area contributed by atoms with E-state index in [0.717, 1.165) is 22.3 Å². The van der Waals surface area contributed by atoms with Crippen molar-refractivity contribution in [2.45, 2.75) is 33.4 Å². The van der Waals surface area contributed by atoms with Gasteiger partial charge in [-0.3, -0.25) is 0 Å². The van der Waals surface area contributed by atoms with Gasteiger partial charge in [0.25, 0.3) is 0 Å². The summed E-state index contributed by atoms with van der Waals surface area (Å²) in [6.45, 7) is 7.76. The van der Waals surface area contributed by atoms with Crippen LogP contribution in [0.4, 0.5) is 0 Å². The molecule has 0 radical (unpaired) electrons. The van der Waals surface area contributed by atoms with Crippen LogP contribution in [0.2, 0.25) is 0 Å². The molecule has 2 nitrogen and oxygen atoms in total. The van der Waals surface area contributed by atoms with E-state index >= 15 is 0 Å². The van der Waals surface area contributed by atoms with Crippen LogP contribution in [0.15, 0.2) is 146 Å². The minimum absolute atomic E-state index is 0.0996. The summed E-state index contributed by atoms with van der Waals surface area (Å²) in [4.78, 5) is 0. The van der Waals surface area contributed by atoms with E-state index in [-0.39, 0.29) is 5.92 Å². The van der Waals surface area contributed by atoms with Crippen molar-refractivity contribution in [1.29, 1.82) is 0 Å². The second-order valence-electron chi connectivity index (χ2n) is 8.58. The Hall–Kier alpha value is -3.88. The maximum Gasteiger partial charge on any atom is 0.138 e. The minimum Gasteiger partial charge on any atom is -0.371 e. The Morgan fingerprint density at radius 3 is 2.22 bits per heavy atom. The molecule has 36 heavy (non-hydrogen) atoms. The molecule has 2 rings (SSSR count). The van der Waals surface area contributed by atoms with Gasteiger partial charge in [-0.1, -0.05) is 141 Å². The lowest BCUT2D eigenvalue weighted by atomic mass is 9.97. The average molecular weight is 478 g/mol. The molecule has 2 N–H and O–H groups in total. The number of allylic oxidation sites excluding steroid dienone is 20. The Morgan fingerprint density at radius 1 is 0.861 bits per heavy atom. The molecule has 0 bridgehead atoms. The summed E-state index contributed by atoms with van der Waals surface area (Å²) in [5.41, 5.74) is 3.18. The lowest BCUT2D eigenvalue weighted by Gasteiger charge is -2.29. The summed E-state index contributed by atoms with van der Waals surface area (Å²) in [5, 5.41) is 14.3. The number of hydrogen-bond acceptors (Lipinski definition) is 2. The highest BCUT2D eigenvalue weighted by Gasteiger charge is 2.24. The van der Waals surface area contributed by atoms with E-state index in [9.17, 15) is 5.11 Å². The molecule has 186 valence electrons. The van der Waals surface area contributed by atoms with Crippen LogP contribution in [0.3, 0.4) is 0 Å². The van der Waals surface area contributed by atoms with Crippen molar-refractivity contribution in [3.8, 4) is 0 Å². The molecular formula is C34H39NO. The van der Waals surface area contributed by atoms with Gasteiger partial charge < -0.3 is 10.4 Å². The maximum atomic E-state index is 11.0. The summed E-state index contributed by atoms with van der Waals surface area (Å²) < 4.78 is 0. The first kappa shape index (κ1) is 28.4. The van der Waals surface area contributed by atoms with Gasteiger partial charge in [0.2, 0.25) is 0 Å². The predicted octanol–water partition coefficient (Wildman–Crippen LogP) is 8.40. The summed E-state index contributed by atoms with van der Waals surface area (Å²) >= 11 is 0. The zero-order valence-electron chi connectivity index (χ0n) is 21.9. The van der Waals surface area contributed by atoms with Crippen LogP contribution in [-0.4, -0.2) is 10.8 Å². The Bertz CT molecular complexity index is 1160. The smallest absolute Gasteiger partial charge is 0.138 e. The highest BCUT2D eigenvalue weighted by molar-refractivity contribution is 5.80. The van der Waals surface area contributed by atoms with Crippen molar-refractivity contribution in [1.82, 2.24) is 5.32 Å². The van der Waals surface area contributed by atoms with Gasteiger partial charge in [0.05, 0.1) is 0 Å². The Kier molecular flexibility index (Phi) is 12.5. The van der Waals surface area contributed by atoms with Crippen LogP contribution in [0, 0.1) is 5.92 Å². The SMILES string of the molecule is C\C=C/C=C\C=C/C(C)C(C)(O)N/C=C(\C=C/C)c1cccc(C2=C/C=C\C=C/C=C\C=C\C=C\2)c1. The molecule has 0 aromatic heterocycles. The van der Waals surface area contributed by atoms with Crippen LogP contribution in [0.1, 0.15) is 38.8 Å². The standard InChI is InChI=1S/C34H39NO/c1-5-7-8-14-17-22-29(3)34(4,36)35-28-33(21-6-2)32-26-20-25-31(27-32)30-23-18-15-12-10-9-11-13-16-19-24-30/h5-29,35-36H,1-4H3/b7-5-,10-9-,11-9?,12-10?,13-11-,14-8-,15-12+,16-13?,18-15?,19-16-,21-6-,22-17-,23-18+,24-19?,30-23?,30-24+,33-28+. The molecule has 0 aliphatic heterocycles. The fourth-order valence-electron chi connectivity index (χ4n) is 3.31. The van der Waals surface area contributed by atoms with Gasteiger partial charge in [-0.2, -0.15) is 0 Å². The second-order valence-corrected chi connectivity index (χ2v) is 8.58. The topological polar surface area (TPSA) is 32.3 Å². The van der Waals surface area contributed by atoms with E-state index in [4.69, 9.17) is 0 Å². The Balaban J connectivity index is 2.30. The largest absolute Gasteiger partial charge is 0.371 e. The summed E-state index contributed by atoms with van der Waals surface area (Å²) in [7, 11) is 0. The lowest BCUT2D eigenvalue weighted by molar-refractivity contribution is 0.00382. The molecule has 0 spiro atoms. The number of rotatable bonds is 9. The van der Waals surface area contributed by atoms with Crippen LogP contribution in [0.25, 0.3) is 11.1 Å². The second kappa shape index (κ2) is 15.9. The van der Waals surface area contributed by atoms with Gasteiger partial charge in [0.15, 0.2) is 0 Å². The molecule has 2 unspecified atom stereocenters. The number of benzene rings is 1. The normalized spacial score (nSPS) is 23.5. The molecule has 0 heterocycles. The third kappa shape index (κ3) is 10.2. The molecule has 0 fully saturated rings. The van der Waals surface area contributed by atoms with Crippen LogP contribution < -0.4 is 5.32 Å². The zero-order valence-corrected chi connectivity index (χ0v) is 21.9. The Morgan fingerprint density at radius 2 is 1.53 bits per heavy atom. The third-order valence-electron chi connectivity index (χ3n) is 5.65. The lowest BCUT2D eigenvalue weighted by Crippen LogP contribution is -2.44. The van der Waals surface area contributed by atoms with E-state index in [0.29, 0.717) is 0 Å². The van der Waals surface area contributed by atoms with E-state index in [1.165, 1.54) is 0 Å². The van der Waals surface area contributed by atoms with E-state index in [1.54, 1.807) is 6.92 Å². The highest BCUT2D eigenvalue weighted by Crippen LogP contribution is 2.24. The molecule has 1 aliphatic rings. The van der Waals surface area contributed by atoms with Crippen molar-refractivity contribution in [3.63, 3.8) is 0 Å². The van der Waals surface area contributed by atoms with Crippen molar-refractivity contribution >= 4 is 11.1 Å². The third-order valence-corrected chi connectivity index (χ3v) is 5.65. The first-order chi connectivity index (χ1) is 17.5. The first-order valence-corrected chi connectivity index (χ1v) is 12.4. The van der Waals surface area contributed by atoms with Crippen molar-refractivity contribution in [3.05, 3.63) is 157 Å². The first-order valence-electron chi connectivity index (χ1n) is 12.4. The summed E-state index contributed by atoms with van der Waals surface area (Å²) in [5.74, 6) is -0.0996. The van der Waals surface area contributed by atoms with Gasteiger partial charge >= 0.3 is 0 Å². The molecule has 0 amide bonds. The molecule has 2 heteroatoms. The average Bonchev–Trinajstić information content (AvgIpc) is 2.86. The van der Waals surface area contributed by atoms with Crippen molar-refractivity contribution in [2.75, 3.05) is 0 Å². The molecule has 1 aromatic carbocycles. The maximum absolute atomic E-state index is 11.0. The van der Waals surface area contributed by atoms with Crippen LogP contribution >= 0.6 is 0 Å². The molecular weight excluding hydrogens is 438 g/mol. The summed E-state index contributed by atoms with van der Waals surface area (Å²) in [6, 6.07) is 8.44. The van der Waals surface area contributed by atoms with Crippen LogP contribution in [-0.2, 0) is 0 Å². The van der Waals surface area contributed by atoms with Gasteiger partial charge in [-0.15, -0.1) is 0 Å². The summed E-state index contributed by atoms with van der Waals surface area (Å²) in [6.07, 6.45) is 40.2. The predicted molar refractivity (Wildman–Crippen MR) is 159 cm³/mol. The molecule has 0 saturated carbocycles. The number of nitrogens with one attached hydrogen (secondary N) is 1. The number of aliphatic hydroxyl groups is 1. The van der Waals surface area contributed by atoms with E-state index < -0.39 is 5.72 Å². The minimum atomic E-state index is -1.10. The van der Waals surface area contributed by atoms with Crippen LogP contribution in [0.5, 0.6) is 0 Å². The van der Waals surface area contributed by atoms with Crippen molar-refractivity contribution in [2.24, 2.45) is 5.92 Å². The fraction of sp³-hybridized carbons (Fsp3) is 0.176. The number of hydrogen-bond donors (Lipinski definition) is 2. The highest BCUT2D eigenvalue weighted by atomic mass is 16.3. The Labute approximate surface area is 217 Å². The molecule has 1 aliphatic carbocycles. The van der Waals surface area contributed by atoms with Gasteiger partial charge in [-0.25, -0.2) is 0 Å². The van der Waals surface area contributed by atoms with Crippen molar-refractivity contribution < 1.29 is 5.11 Å². The molecule has 0 saturated heterocycles. The molecule has 2 atom stereocenters.